The Hall–Kier alpha value is -1.23. The standard InChI is InChI=1S/C13H17FN2OS/c1-7-3-10(6-18-7)16-12-5-9(13(15)17)4-11(14)8(12)2/h4-5,7,10,16H,3,6H2,1-2H3,(H2,15,17). The topological polar surface area (TPSA) is 55.1 Å². The number of benzene rings is 1. The Labute approximate surface area is 110 Å². The summed E-state index contributed by atoms with van der Waals surface area (Å²) >= 11 is 1.90. The van der Waals surface area contributed by atoms with Gasteiger partial charge in [0, 0.05) is 33.9 Å². The summed E-state index contributed by atoms with van der Waals surface area (Å²) in [5.74, 6) is 0.00172. The van der Waals surface area contributed by atoms with Gasteiger partial charge in [-0.1, -0.05) is 6.92 Å². The number of hydrogen-bond donors (Lipinski definition) is 2. The Balaban J connectivity index is 2.23. The molecule has 2 rings (SSSR count). The molecule has 0 spiro atoms. The van der Waals surface area contributed by atoms with E-state index in [4.69, 9.17) is 5.73 Å². The molecule has 1 fully saturated rings. The molecule has 5 heteroatoms. The van der Waals surface area contributed by atoms with Gasteiger partial charge in [-0.2, -0.15) is 11.8 Å². The van der Waals surface area contributed by atoms with Crippen LogP contribution in [0.2, 0.25) is 0 Å². The minimum absolute atomic E-state index is 0.208. The molecule has 2 atom stereocenters. The Kier molecular flexibility index (Phi) is 3.80. The van der Waals surface area contributed by atoms with E-state index in [9.17, 15) is 9.18 Å². The number of hydrogen-bond acceptors (Lipinski definition) is 3. The van der Waals surface area contributed by atoms with Gasteiger partial charge in [0.15, 0.2) is 0 Å². The van der Waals surface area contributed by atoms with E-state index >= 15 is 0 Å². The Morgan fingerprint density at radius 2 is 2.28 bits per heavy atom. The molecule has 0 aromatic heterocycles. The number of nitrogens with one attached hydrogen (secondary N) is 1. The lowest BCUT2D eigenvalue weighted by Crippen LogP contribution is -2.21. The second-order valence-electron chi connectivity index (χ2n) is 4.72. The third kappa shape index (κ3) is 2.77. The zero-order valence-electron chi connectivity index (χ0n) is 10.5. The maximum Gasteiger partial charge on any atom is 0.248 e. The van der Waals surface area contributed by atoms with Crippen LogP contribution in [0.4, 0.5) is 10.1 Å². The van der Waals surface area contributed by atoms with Gasteiger partial charge in [-0.3, -0.25) is 4.79 Å². The summed E-state index contributed by atoms with van der Waals surface area (Å²) in [7, 11) is 0. The maximum absolute atomic E-state index is 13.7. The average Bonchev–Trinajstić information content (AvgIpc) is 2.70. The summed E-state index contributed by atoms with van der Waals surface area (Å²) in [6.07, 6.45) is 1.05. The largest absolute Gasteiger partial charge is 0.381 e. The first kappa shape index (κ1) is 13.2. The third-order valence-corrected chi connectivity index (χ3v) is 4.54. The fourth-order valence-corrected chi connectivity index (χ4v) is 3.26. The first-order valence-electron chi connectivity index (χ1n) is 5.95. The van der Waals surface area contributed by atoms with Crippen molar-refractivity contribution >= 4 is 23.4 Å². The molecule has 1 saturated heterocycles. The summed E-state index contributed by atoms with van der Waals surface area (Å²) < 4.78 is 13.7. The molecule has 1 aliphatic heterocycles. The van der Waals surface area contributed by atoms with Crippen LogP contribution in [0.3, 0.4) is 0 Å². The van der Waals surface area contributed by atoms with Gasteiger partial charge < -0.3 is 11.1 Å². The molecule has 0 bridgehead atoms. The van der Waals surface area contributed by atoms with Crippen molar-refractivity contribution in [2.75, 3.05) is 11.1 Å². The van der Waals surface area contributed by atoms with E-state index in [1.165, 1.54) is 6.07 Å². The fourth-order valence-electron chi connectivity index (χ4n) is 2.11. The predicted molar refractivity (Wildman–Crippen MR) is 73.6 cm³/mol. The normalized spacial score (nSPS) is 23.1. The zero-order valence-corrected chi connectivity index (χ0v) is 11.3. The Bertz CT molecular complexity index is 478. The monoisotopic (exact) mass is 268 g/mol. The molecule has 1 aromatic rings. The van der Waals surface area contributed by atoms with E-state index in [0.717, 1.165) is 12.2 Å². The number of thioether (sulfide) groups is 1. The average molecular weight is 268 g/mol. The molecule has 1 amide bonds. The smallest absolute Gasteiger partial charge is 0.248 e. The Morgan fingerprint density at radius 3 is 2.83 bits per heavy atom. The summed E-state index contributed by atoms with van der Waals surface area (Å²) in [5.41, 5.74) is 6.60. The SMILES string of the molecule is Cc1c(F)cc(C(N)=O)cc1NC1CSC(C)C1. The first-order chi connectivity index (χ1) is 8.47. The predicted octanol–water partition coefficient (Wildman–Crippen LogP) is 2.54. The van der Waals surface area contributed by atoms with Crippen molar-refractivity contribution in [1.29, 1.82) is 0 Å². The number of carbonyl (C=O) groups excluding carboxylic acids is 1. The molecule has 1 heterocycles. The molecule has 18 heavy (non-hydrogen) atoms. The Morgan fingerprint density at radius 1 is 1.56 bits per heavy atom. The van der Waals surface area contributed by atoms with Gasteiger partial charge in [-0.05, 0) is 25.5 Å². The van der Waals surface area contributed by atoms with Gasteiger partial charge in [0.2, 0.25) is 5.91 Å². The molecule has 3 N–H and O–H groups in total. The van der Waals surface area contributed by atoms with Crippen LogP contribution < -0.4 is 11.1 Å². The van der Waals surface area contributed by atoms with E-state index in [2.05, 4.69) is 12.2 Å². The van der Waals surface area contributed by atoms with Gasteiger partial charge in [0.25, 0.3) is 0 Å². The van der Waals surface area contributed by atoms with Crippen molar-refractivity contribution in [2.45, 2.75) is 31.6 Å². The van der Waals surface area contributed by atoms with Crippen molar-refractivity contribution in [3.05, 3.63) is 29.1 Å². The van der Waals surface area contributed by atoms with Gasteiger partial charge in [0.1, 0.15) is 5.82 Å². The summed E-state index contributed by atoms with van der Waals surface area (Å²) in [4.78, 5) is 11.1. The number of amides is 1. The highest BCUT2D eigenvalue weighted by Gasteiger charge is 2.22. The van der Waals surface area contributed by atoms with Crippen molar-refractivity contribution < 1.29 is 9.18 Å². The van der Waals surface area contributed by atoms with Crippen molar-refractivity contribution in [3.63, 3.8) is 0 Å². The van der Waals surface area contributed by atoms with Crippen LogP contribution in [0.1, 0.15) is 29.3 Å². The molecule has 0 aliphatic carbocycles. The highest BCUT2D eigenvalue weighted by molar-refractivity contribution is 8.00. The van der Waals surface area contributed by atoms with E-state index < -0.39 is 11.7 Å². The highest BCUT2D eigenvalue weighted by Crippen LogP contribution is 2.30. The van der Waals surface area contributed by atoms with Crippen LogP contribution >= 0.6 is 11.8 Å². The number of halogens is 1. The van der Waals surface area contributed by atoms with Crippen LogP contribution in [-0.2, 0) is 0 Å². The van der Waals surface area contributed by atoms with Crippen molar-refractivity contribution in [3.8, 4) is 0 Å². The lowest BCUT2D eigenvalue weighted by Gasteiger charge is -2.16. The minimum Gasteiger partial charge on any atom is -0.381 e. The minimum atomic E-state index is -0.605. The van der Waals surface area contributed by atoms with Crippen LogP contribution in [-0.4, -0.2) is 23.0 Å². The van der Waals surface area contributed by atoms with E-state index in [1.807, 2.05) is 11.8 Å². The van der Waals surface area contributed by atoms with Crippen LogP contribution in [0.15, 0.2) is 12.1 Å². The summed E-state index contributed by atoms with van der Waals surface area (Å²) in [5, 5.41) is 3.92. The second-order valence-corrected chi connectivity index (χ2v) is 6.19. The molecule has 98 valence electrons. The number of carbonyl (C=O) groups is 1. The zero-order chi connectivity index (χ0) is 13.3. The third-order valence-electron chi connectivity index (χ3n) is 3.19. The molecular weight excluding hydrogens is 251 g/mol. The quantitative estimate of drug-likeness (QED) is 0.885. The molecule has 1 aliphatic rings. The lowest BCUT2D eigenvalue weighted by atomic mass is 10.1. The number of anilines is 1. The second kappa shape index (κ2) is 5.18. The fraction of sp³-hybridized carbons (Fsp3) is 0.462. The summed E-state index contributed by atoms with van der Waals surface area (Å²) in [6.45, 7) is 3.88. The molecule has 3 nitrogen and oxygen atoms in total. The molecule has 0 radical (unpaired) electrons. The maximum atomic E-state index is 13.7. The van der Waals surface area contributed by atoms with E-state index in [1.54, 1.807) is 13.0 Å². The number of nitrogens with two attached hydrogens (primary N) is 1. The number of primary amides is 1. The molecular formula is C13H17FN2OS. The van der Waals surface area contributed by atoms with Crippen molar-refractivity contribution in [2.24, 2.45) is 5.73 Å². The number of rotatable bonds is 3. The highest BCUT2D eigenvalue weighted by atomic mass is 32.2. The van der Waals surface area contributed by atoms with Crippen LogP contribution in [0.25, 0.3) is 0 Å². The van der Waals surface area contributed by atoms with E-state index in [-0.39, 0.29) is 5.56 Å². The first-order valence-corrected chi connectivity index (χ1v) is 7.00. The molecule has 1 aromatic carbocycles. The molecule has 2 unspecified atom stereocenters. The van der Waals surface area contributed by atoms with Crippen molar-refractivity contribution in [1.82, 2.24) is 0 Å². The summed E-state index contributed by atoms with van der Waals surface area (Å²) in [6, 6.07) is 3.15. The van der Waals surface area contributed by atoms with Gasteiger partial charge >= 0.3 is 0 Å². The van der Waals surface area contributed by atoms with Gasteiger partial charge in [0.05, 0.1) is 0 Å². The van der Waals surface area contributed by atoms with E-state index in [0.29, 0.717) is 22.5 Å². The molecule has 0 saturated carbocycles. The van der Waals surface area contributed by atoms with Gasteiger partial charge in [-0.15, -0.1) is 0 Å². The van der Waals surface area contributed by atoms with Crippen LogP contribution in [0.5, 0.6) is 0 Å². The van der Waals surface area contributed by atoms with Gasteiger partial charge in [-0.25, -0.2) is 4.39 Å². The lowest BCUT2D eigenvalue weighted by molar-refractivity contribution is 0.1000. The van der Waals surface area contributed by atoms with Crippen LogP contribution in [0, 0.1) is 12.7 Å².